The van der Waals surface area contributed by atoms with E-state index < -0.39 is 12.8 Å². The van der Waals surface area contributed by atoms with E-state index >= 15 is 0 Å². The van der Waals surface area contributed by atoms with Gasteiger partial charge in [-0.25, -0.2) is 0 Å². The van der Waals surface area contributed by atoms with Crippen LogP contribution in [0.25, 0.3) is 0 Å². The van der Waals surface area contributed by atoms with E-state index in [-0.39, 0.29) is 6.61 Å². The van der Waals surface area contributed by atoms with Crippen molar-refractivity contribution in [2.75, 3.05) is 24.3 Å². The third-order valence-corrected chi connectivity index (χ3v) is 4.91. The standard InChI is InChI=1S/C14H16F3N3OS2/c1-9-4-3-5-11(10(9)2)18-12-19-20-13(23-12)22-7-6-21-8-14(15,16)17/h3-5H,6-8H2,1-2H3,(H,18,19). The Balaban J connectivity index is 1.80. The van der Waals surface area contributed by atoms with E-state index in [9.17, 15) is 13.2 Å². The maximum atomic E-state index is 11.9. The molecule has 0 unspecified atom stereocenters. The predicted molar refractivity (Wildman–Crippen MR) is 86.7 cm³/mol. The van der Waals surface area contributed by atoms with Gasteiger partial charge in [0.05, 0.1) is 6.61 Å². The zero-order chi connectivity index (χ0) is 16.9. The minimum Gasteiger partial charge on any atom is -0.371 e. The number of benzene rings is 1. The zero-order valence-electron chi connectivity index (χ0n) is 12.6. The number of alkyl halides is 3. The largest absolute Gasteiger partial charge is 0.411 e. The average Bonchev–Trinajstić information content (AvgIpc) is 2.90. The van der Waals surface area contributed by atoms with Crippen LogP contribution in [-0.4, -0.2) is 35.3 Å². The molecule has 0 amide bonds. The fourth-order valence-electron chi connectivity index (χ4n) is 1.70. The molecule has 1 N–H and O–H groups in total. The first-order valence-electron chi connectivity index (χ1n) is 6.79. The molecule has 2 aromatic rings. The summed E-state index contributed by atoms with van der Waals surface area (Å²) < 4.78 is 41.0. The third-order valence-electron chi connectivity index (χ3n) is 2.97. The number of ether oxygens (including phenoxy) is 1. The quantitative estimate of drug-likeness (QED) is 0.577. The van der Waals surface area contributed by atoms with E-state index in [4.69, 9.17) is 0 Å². The Hall–Kier alpha value is -1.32. The van der Waals surface area contributed by atoms with Gasteiger partial charge in [-0.15, -0.1) is 10.2 Å². The summed E-state index contributed by atoms with van der Waals surface area (Å²) in [6.45, 7) is 2.85. The Kier molecular flexibility index (Phi) is 6.25. The molecule has 0 radical (unpaired) electrons. The first kappa shape index (κ1) is 18.0. The van der Waals surface area contributed by atoms with Gasteiger partial charge in [0.2, 0.25) is 5.13 Å². The number of hydrogen-bond acceptors (Lipinski definition) is 6. The highest BCUT2D eigenvalue weighted by Crippen LogP contribution is 2.29. The number of aromatic nitrogens is 2. The summed E-state index contributed by atoms with van der Waals surface area (Å²) in [4.78, 5) is 0. The lowest BCUT2D eigenvalue weighted by Crippen LogP contribution is -2.17. The minimum absolute atomic E-state index is 0.0174. The average molecular weight is 363 g/mol. The number of halogens is 3. The summed E-state index contributed by atoms with van der Waals surface area (Å²) in [5.41, 5.74) is 3.28. The Labute approximate surface area is 140 Å². The maximum absolute atomic E-state index is 11.9. The number of aryl methyl sites for hydroxylation is 1. The van der Waals surface area contributed by atoms with Gasteiger partial charge >= 0.3 is 6.18 Å². The molecule has 0 fully saturated rings. The van der Waals surface area contributed by atoms with Crippen LogP contribution in [-0.2, 0) is 4.74 Å². The molecular weight excluding hydrogens is 347 g/mol. The Bertz CT molecular complexity index is 646. The van der Waals surface area contributed by atoms with E-state index in [0.29, 0.717) is 15.2 Å². The number of nitrogens with zero attached hydrogens (tertiary/aromatic N) is 2. The van der Waals surface area contributed by atoms with Crippen molar-refractivity contribution in [2.24, 2.45) is 0 Å². The van der Waals surface area contributed by atoms with Gasteiger partial charge in [-0.2, -0.15) is 13.2 Å². The van der Waals surface area contributed by atoms with Crippen LogP contribution in [0.3, 0.4) is 0 Å². The van der Waals surface area contributed by atoms with Crippen LogP contribution in [0, 0.1) is 13.8 Å². The third kappa shape index (κ3) is 6.00. The molecule has 126 valence electrons. The van der Waals surface area contributed by atoms with Crippen LogP contribution < -0.4 is 5.32 Å². The highest BCUT2D eigenvalue weighted by atomic mass is 32.2. The van der Waals surface area contributed by atoms with Gasteiger partial charge in [0.15, 0.2) is 4.34 Å². The van der Waals surface area contributed by atoms with Crippen molar-refractivity contribution in [3.8, 4) is 0 Å². The number of thioether (sulfide) groups is 1. The molecule has 0 atom stereocenters. The summed E-state index contributed by atoms with van der Waals surface area (Å²) in [6, 6.07) is 5.95. The first-order chi connectivity index (χ1) is 10.8. The van der Waals surface area contributed by atoms with Crippen LogP contribution in [0.1, 0.15) is 11.1 Å². The molecule has 1 heterocycles. The van der Waals surface area contributed by atoms with Crippen LogP contribution in [0.5, 0.6) is 0 Å². The summed E-state index contributed by atoms with van der Waals surface area (Å²) in [5, 5.41) is 11.9. The molecule has 0 saturated carbocycles. The van der Waals surface area contributed by atoms with Crippen molar-refractivity contribution in [3.63, 3.8) is 0 Å². The molecule has 2 rings (SSSR count). The van der Waals surface area contributed by atoms with E-state index in [1.165, 1.54) is 28.7 Å². The predicted octanol–water partition coefficient (Wildman–Crippen LogP) is 4.57. The van der Waals surface area contributed by atoms with E-state index in [1.807, 2.05) is 32.0 Å². The Morgan fingerprint density at radius 3 is 2.78 bits per heavy atom. The van der Waals surface area contributed by atoms with Gasteiger partial charge in [-0.3, -0.25) is 0 Å². The first-order valence-corrected chi connectivity index (χ1v) is 8.59. The van der Waals surface area contributed by atoms with Crippen LogP contribution in [0.2, 0.25) is 0 Å². The second-order valence-corrected chi connectivity index (χ2v) is 7.08. The summed E-state index contributed by atoms with van der Waals surface area (Å²) in [5.74, 6) is 0.397. The Morgan fingerprint density at radius 1 is 1.26 bits per heavy atom. The van der Waals surface area contributed by atoms with E-state index in [1.54, 1.807) is 0 Å². The van der Waals surface area contributed by atoms with Gasteiger partial charge in [-0.05, 0) is 31.0 Å². The lowest BCUT2D eigenvalue weighted by molar-refractivity contribution is -0.172. The number of nitrogens with one attached hydrogen (secondary N) is 1. The highest BCUT2D eigenvalue weighted by Gasteiger charge is 2.27. The van der Waals surface area contributed by atoms with Crippen molar-refractivity contribution in [2.45, 2.75) is 24.4 Å². The van der Waals surface area contributed by atoms with Crippen molar-refractivity contribution in [1.82, 2.24) is 10.2 Å². The summed E-state index contributed by atoms with van der Waals surface area (Å²) in [7, 11) is 0. The van der Waals surface area contributed by atoms with Gasteiger partial charge in [0.1, 0.15) is 6.61 Å². The second kappa shape index (κ2) is 7.98. The SMILES string of the molecule is Cc1cccc(Nc2nnc(SCCOCC(F)(F)F)s2)c1C. The summed E-state index contributed by atoms with van der Waals surface area (Å²) in [6.07, 6.45) is -4.28. The molecule has 0 saturated heterocycles. The van der Waals surface area contributed by atoms with Crippen molar-refractivity contribution >= 4 is 33.9 Å². The van der Waals surface area contributed by atoms with E-state index in [2.05, 4.69) is 20.3 Å². The topological polar surface area (TPSA) is 47.0 Å². The maximum Gasteiger partial charge on any atom is 0.411 e. The molecule has 23 heavy (non-hydrogen) atoms. The lowest BCUT2D eigenvalue weighted by Gasteiger charge is -2.08. The highest BCUT2D eigenvalue weighted by molar-refractivity contribution is 8.01. The molecule has 0 spiro atoms. The van der Waals surface area contributed by atoms with Crippen molar-refractivity contribution in [3.05, 3.63) is 29.3 Å². The molecular formula is C14H16F3N3OS2. The Morgan fingerprint density at radius 2 is 2.04 bits per heavy atom. The molecule has 9 heteroatoms. The van der Waals surface area contributed by atoms with E-state index in [0.717, 1.165) is 11.3 Å². The molecule has 4 nitrogen and oxygen atoms in total. The second-order valence-electron chi connectivity index (χ2n) is 4.76. The number of anilines is 2. The molecule has 1 aromatic heterocycles. The lowest BCUT2D eigenvalue weighted by atomic mass is 10.1. The molecule has 1 aromatic carbocycles. The van der Waals surface area contributed by atoms with Crippen LogP contribution >= 0.6 is 23.1 Å². The van der Waals surface area contributed by atoms with Gasteiger partial charge < -0.3 is 10.1 Å². The molecule has 0 aliphatic rings. The molecule has 0 aliphatic heterocycles. The fraction of sp³-hybridized carbons (Fsp3) is 0.429. The normalized spacial score (nSPS) is 11.7. The smallest absolute Gasteiger partial charge is 0.371 e. The fourth-order valence-corrected chi connectivity index (χ4v) is 3.38. The van der Waals surface area contributed by atoms with Crippen LogP contribution in [0.4, 0.5) is 24.0 Å². The van der Waals surface area contributed by atoms with Gasteiger partial charge in [0.25, 0.3) is 0 Å². The number of hydrogen-bond donors (Lipinski definition) is 1. The monoisotopic (exact) mass is 363 g/mol. The zero-order valence-corrected chi connectivity index (χ0v) is 14.2. The minimum atomic E-state index is -4.28. The summed E-state index contributed by atoms with van der Waals surface area (Å²) >= 11 is 2.68. The van der Waals surface area contributed by atoms with Gasteiger partial charge in [0, 0.05) is 11.4 Å². The number of rotatable bonds is 7. The van der Waals surface area contributed by atoms with Gasteiger partial charge in [-0.1, -0.05) is 35.2 Å². The van der Waals surface area contributed by atoms with Crippen molar-refractivity contribution < 1.29 is 17.9 Å². The van der Waals surface area contributed by atoms with Crippen molar-refractivity contribution in [1.29, 1.82) is 0 Å². The molecule has 0 aliphatic carbocycles. The molecule has 0 bridgehead atoms. The van der Waals surface area contributed by atoms with Crippen LogP contribution in [0.15, 0.2) is 22.5 Å².